The molecule has 3 nitrogen and oxygen atoms in total. The smallest absolute Gasteiger partial charge is 0.0333 e. The van der Waals surface area contributed by atoms with Crippen LogP contribution in [0.2, 0.25) is 0 Å². The van der Waals surface area contributed by atoms with Crippen molar-refractivity contribution < 1.29 is 0 Å². The van der Waals surface area contributed by atoms with E-state index in [9.17, 15) is 0 Å². The number of rotatable bonds is 3. The van der Waals surface area contributed by atoms with E-state index < -0.39 is 0 Å². The third-order valence-electron chi connectivity index (χ3n) is 5.17. The molecular weight excluding hydrogens is 210 g/mol. The zero-order valence-electron chi connectivity index (χ0n) is 11.6. The average Bonchev–Trinajstić information content (AvgIpc) is 2.40. The van der Waals surface area contributed by atoms with Gasteiger partial charge in [0, 0.05) is 38.3 Å². The van der Waals surface area contributed by atoms with Crippen LogP contribution in [0.25, 0.3) is 0 Å². The Morgan fingerprint density at radius 2 is 1.71 bits per heavy atom. The third-order valence-corrected chi connectivity index (χ3v) is 5.17. The van der Waals surface area contributed by atoms with Gasteiger partial charge in [-0.15, -0.1) is 0 Å². The molecule has 1 aliphatic carbocycles. The highest BCUT2D eigenvalue weighted by atomic mass is 15.3. The lowest BCUT2D eigenvalue weighted by Crippen LogP contribution is -2.60. The van der Waals surface area contributed by atoms with Crippen LogP contribution in [0, 0.1) is 5.92 Å². The fourth-order valence-corrected chi connectivity index (χ4v) is 3.55. The van der Waals surface area contributed by atoms with Gasteiger partial charge in [-0.05, 0) is 38.6 Å². The van der Waals surface area contributed by atoms with E-state index in [4.69, 9.17) is 5.73 Å². The second kappa shape index (κ2) is 5.68. The number of hydrogen-bond donors (Lipinski definition) is 1. The van der Waals surface area contributed by atoms with Gasteiger partial charge in [-0.3, -0.25) is 4.90 Å². The summed E-state index contributed by atoms with van der Waals surface area (Å²) >= 11 is 0. The fourth-order valence-electron chi connectivity index (χ4n) is 3.55. The van der Waals surface area contributed by atoms with Crippen LogP contribution in [0.1, 0.15) is 39.0 Å². The van der Waals surface area contributed by atoms with E-state index >= 15 is 0 Å². The Morgan fingerprint density at radius 3 is 2.18 bits per heavy atom. The molecule has 0 atom stereocenters. The number of likely N-dealkylation sites (N-methyl/N-ethyl adjacent to an activating group) is 1. The first-order chi connectivity index (χ1) is 8.20. The van der Waals surface area contributed by atoms with Crippen molar-refractivity contribution in [2.24, 2.45) is 11.7 Å². The summed E-state index contributed by atoms with van der Waals surface area (Å²) in [7, 11) is 2.22. The van der Waals surface area contributed by atoms with Gasteiger partial charge in [0.2, 0.25) is 0 Å². The Kier molecular flexibility index (Phi) is 4.45. The summed E-state index contributed by atoms with van der Waals surface area (Å²) in [6.07, 6.45) is 6.78. The van der Waals surface area contributed by atoms with E-state index in [2.05, 4.69) is 23.8 Å². The summed E-state index contributed by atoms with van der Waals surface area (Å²) in [4.78, 5) is 5.12. The van der Waals surface area contributed by atoms with Crippen LogP contribution in [0.5, 0.6) is 0 Å². The molecule has 2 fully saturated rings. The predicted octanol–water partition coefficient (Wildman–Crippen LogP) is 1.53. The van der Waals surface area contributed by atoms with Crippen molar-refractivity contribution in [3.8, 4) is 0 Å². The zero-order valence-corrected chi connectivity index (χ0v) is 11.6. The third kappa shape index (κ3) is 2.83. The van der Waals surface area contributed by atoms with Crippen LogP contribution in [0.3, 0.4) is 0 Å². The van der Waals surface area contributed by atoms with Gasteiger partial charge in [-0.1, -0.05) is 13.3 Å². The van der Waals surface area contributed by atoms with E-state index in [1.165, 1.54) is 58.3 Å². The molecule has 0 aromatic heterocycles. The van der Waals surface area contributed by atoms with Crippen molar-refractivity contribution in [1.29, 1.82) is 0 Å². The van der Waals surface area contributed by atoms with Gasteiger partial charge >= 0.3 is 0 Å². The van der Waals surface area contributed by atoms with Crippen molar-refractivity contribution in [2.75, 3.05) is 39.8 Å². The van der Waals surface area contributed by atoms with Crippen LogP contribution >= 0.6 is 0 Å². The first-order valence-electron chi connectivity index (χ1n) is 7.34. The number of nitrogens with two attached hydrogens (primary N) is 1. The summed E-state index contributed by atoms with van der Waals surface area (Å²) in [6, 6.07) is 0. The minimum Gasteiger partial charge on any atom is -0.329 e. The minimum absolute atomic E-state index is 0.340. The molecule has 1 heterocycles. The van der Waals surface area contributed by atoms with E-state index in [1.54, 1.807) is 0 Å². The second-order valence-corrected chi connectivity index (χ2v) is 6.07. The molecule has 2 N–H and O–H groups in total. The van der Waals surface area contributed by atoms with E-state index in [0.717, 1.165) is 12.5 Å². The number of nitrogens with zero attached hydrogens (tertiary/aromatic N) is 2. The first kappa shape index (κ1) is 13.3. The molecule has 0 radical (unpaired) electrons. The summed E-state index contributed by atoms with van der Waals surface area (Å²) in [5.74, 6) is 0.960. The van der Waals surface area contributed by atoms with Crippen LogP contribution < -0.4 is 5.73 Å². The lowest BCUT2D eigenvalue weighted by Gasteiger charge is -2.50. The standard InChI is InChI=1S/C14H29N3/c1-3-13-4-6-14(12-15,7-5-13)17-10-8-16(2)9-11-17/h13H,3-12,15H2,1-2H3. The molecule has 100 valence electrons. The highest BCUT2D eigenvalue weighted by Gasteiger charge is 2.39. The van der Waals surface area contributed by atoms with Crippen LogP contribution in [-0.2, 0) is 0 Å². The molecule has 2 aliphatic rings. The number of hydrogen-bond acceptors (Lipinski definition) is 3. The SMILES string of the molecule is CCC1CCC(CN)(N2CCN(C)CC2)CC1. The molecule has 0 aromatic carbocycles. The Bertz CT molecular complexity index is 226. The summed E-state index contributed by atoms with van der Waals surface area (Å²) in [5, 5.41) is 0. The van der Waals surface area contributed by atoms with Crippen LogP contribution in [0.4, 0.5) is 0 Å². The van der Waals surface area contributed by atoms with E-state index in [1.807, 2.05) is 0 Å². The van der Waals surface area contributed by atoms with Gasteiger partial charge < -0.3 is 10.6 Å². The maximum absolute atomic E-state index is 6.14. The Morgan fingerprint density at radius 1 is 1.12 bits per heavy atom. The normalized spacial score (nSPS) is 37.2. The predicted molar refractivity (Wildman–Crippen MR) is 73.1 cm³/mol. The van der Waals surface area contributed by atoms with Gasteiger partial charge in [0.25, 0.3) is 0 Å². The molecule has 3 heteroatoms. The van der Waals surface area contributed by atoms with Gasteiger partial charge in [0.05, 0.1) is 0 Å². The molecule has 17 heavy (non-hydrogen) atoms. The quantitative estimate of drug-likeness (QED) is 0.811. The molecule has 0 spiro atoms. The number of piperazine rings is 1. The Labute approximate surface area is 106 Å². The molecule has 0 bridgehead atoms. The maximum atomic E-state index is 6.14. The maximum Gasteiger partial charge on any atom is 0.0333 e. The van der Waals surface area contributed by atoms with Crippen LogP contribution in [-0.4, -0.2) is 55.1 Å². The summed E-state index contributed by atoms with van der Waals surface area (Å²) < 4.78 is 0. The molecule has 0 unspecified atom stereocenters. The lowest BCUT2D eigenvalue weighted by atomic mass is 9.74. The van der Waals surface area contributed by atoms with E-state index in [-0.39, 0.29) is 0 Å². The second-order valence-electron chi connectivity index (χ2n) is 6.07. The minimum atomic E-state index is 0.340. The molecule has 1 aliphatic heterocycles. The Hall–Kier alpha value is -0.120. The molecular formula is C14H29N3. The summed E-state index contributed by atoms with van der Waals surface area (Å²) in [5.41, 5.74) is 6.48. The molecule has 1 saturated carbocycles. The highest BCUT2D eigenvalue weighted by Crippen LogP contribution is 2.37. The van der Waals surface area contributed by atoms with Gasteiger partial charge in [-0.25, -0.2) is 0 Å². The van der Waals surface area contributed by atoms with Gasteiger partial charge in [0.15, 0.2) is 0 Å². The monoisotopic (exact) mass is 239 g/mol. The fraction of sp³-hybridized carbons (Fsp3) is 1.00. The highest BCUT2D eigenvalue weighted by molar-refractivity contribution is 4.97. The van der Waals surface area contributed by atoms with Gasteiger partial charge in [-0.2, -0.15) is 0 Å². The topological polar surface area (TPSA) is 32.5 Å². The van der Waals surface area contributed by atoms with Crippen LogP contribution in [0.15, 0.2) is 0 Å². The van der Waals surface area contributed by atoms with Crippen molar-refractivity contribution in [1.82, 2.24) is 9.80 Å². The van der Waals surface area contributed by atoms with Crippen molar-refractivity contribution in [3.63, 3.8) is 0 Å². The van der Waals surface area contributed by atoms with Crippen molar-refractivity contribution >= 4 is 0 Å². The summed E-state index contributed by atoms with van der Waals surface area (Å²) in [6.45, 7) is 8.02. The largest absolute Gasteiger partial charge is 0.329 e. The van der Waals surface area contributed by atoms with E-state index in [0.29, 0.717) is 5.54 Å². The molecule has 1 saturated heterocycles. The molecule has 0 aromatic rings. The zero-order chi connectivity index (χ0) is 12.3. The van der Waals surface area contributed by atoms with Crippen molar-refractivity contribution in [2.45, 2.75) is 44.6 Å². The Balaban J connectivity index is 1.95. The average molecular weight is 239 g/mol. The molecule has 2 rings (SSSR count). The van der Waals surface area contributed by atoms with Crippen molar-refractivity contribution in [3.05, 3.63) is 0 Å². The van der Waals surface area contributed by atoms with Gasteiger partial charge in [0.1, 0.15) is 0 Å². The molecule has 0 amide bonds. The first-order valence-corrected chi connectivity index (χ1v) is 7.34. The lowest BCUT2D eigenvalue weighted by molar-refractivity contribution is 0.00889.